The second kappa shape index (κ2) is 7.98. The van der Waals surface area contributed by atoms with Crippen LogP contribution >= 0.6 is 15.9 Å². The Morgan fingerprint density at radius 2 is 2.05 bits per heavy atom. The molecule has 19 heavy (non-hydrogen) atoms. The van der Waals surface area contributed by atoms with E-state index in [4.69, 9.17) is 5.73 Å². The molecule has 1 aromatic rings. The average Bonchev–Trinajstić information content (AvgIpc) is 2.41. The van der Waals surface area contributed by atoms with Crippen LogP contribution in [0.5, 0.6) is 0 Å². The number of rotatable bonds is 7. The molecule has 0 amide bonds. The maximum Gasteiger partial charge on any atom is 0.137 e. The first kappa shape index (κ1) is 16.6. The van der Waals surface area contributed by atoms with Crippen molar-refractivity contribution < 1.29 is 4.39 Å². The summed E-state index contributed by atoms with van der Waals surface area (Å²) in [7, 11) is 0. The number of hydrogen-bond donors (Lipinski definition) is 1. The van der Waals surface area contributed by atoms with Crippen molar-refractivity contribution in [1.29, 1.82) is 0 Å². The molecule has 2 atom stereocenters. The molecule has 0 bridgehead atoms. The highest BCUT2D eigenvalue weighted by atomic mass is 79.9. The summed E-state index contributed by atoms with van der Waals surface area (Å²) in [5.74, 6) is 0.393. The summed E-state index contributed by atoms with van der Waals surface area (Å²) in [6.07, 6.45) is 1.14. The molecule has 0 aliphatic carbocycles. The maximum absolute atomic E-state index is 13.7. The molecule has 2 nitrogen and oxygen atoms in total. The van der Waals surface area contributed by atoms with Gasteiger partial charge in [0.1, 0.15) is 5.82 Å². The molecule has 0 saturated heterocycles. The Labute approximate surface area is 124 Å². The first-order chi connectivity index (χ1) is 9.03. The second-order valence-corrected chi connectivity index (χ2v) is 5.88. The third kappa shape index (κ3) is 4.55. The minimum atomic E-state index is -0.226. The standard InChI is InChI=1S/C15H24BrFN2/c1-4-11(3)10-19(5-2)15(9-18)12-6-7-13(16)14(17)8-12/h6-8,11,15H,4-5,9-10,18H2,1-3H3. The molecule has 0 aromatic heterocycles. The fourth-order valence-corrected chi connectivity index (χ4v) is 2.47. The van der Waals surface area contributed by atoms with Gasteiger partial charge in [-0.05, 0) is 46.1 Å². The Morgan fingerprint density at radius 1 is 1.37 bits per heavy atom. The van der Waals surface area contributed by atoms with Crippen molar-refractivity contribution in [3.63, 3.8) is 0 Å². The van der Waals surface area contributed by atoms with Crippen LogP contribution in [0.3, 0.4) is 0 Å². The molecule has 0 fully saturated rings. The van der Waals surface area contributed by atoms with Gasteiger partial charge in [0.2, 0.25) is 0 Å². The van der Waals surface area contributed by atoms with Gasteiger partial charge in [0.15, 0.2) is 0 Å². The highest BCUT2D eigenvalue weighted by Crippen LogP contribution is 2.25. The van der Waals surface area contributed by atoms with Crippen molar-refractivity contribution in [2.24, 2.45) is 11.7 Å². The monoisotopic (exact) mass is 330 g/mol. The van der Waals surface area contributed by atoms with Gasteiger partial charge in [0, 0.05) is 19.1 Å². The molecular weight excluding hydrogens is 307 g/mol. The van der Waals surface area contributed by atoms with E-state index in [1.165, 1.54) is 0 Å². The fourth-order valence-electron chi connectivity index (χ4n) is 2.22. The molecule has 0 radical (unpaired) electrons. The largest absolute Gasteiger partial charge is 0.329 e. The summed E-state index contributed by atoms with van der Waals surface area (Å²) >= 11 is 3.19. The van der Waals surface area contributed by atoms with Crippen molar-refractivity contribution in [3.05, 3.63) is 34.1 Å². The quantitative estimate of drug-likeness (QED) is 0.819. The van der Waals surface area contributed by atoms with Gasteiger partial charge in [-0.15, -0.1) is 0 Å². The van der Waals surface area contributed by atoms with E-state index < -0.39 is 0 Å². The van der Waals surface area contributed by atoms with Gasteiger partial charge in [-0.25, -0.2) is 4.39 Å². The number of benzene rings is 1. The zero-order chi connectivity index (χ0) is 14.4. The third-order valence-electron chi connectivity index (χ3n) is 3.64. The lowest BCUT2D eigenvalue weighted by Gasteiger charge is -2.32. The first-order valence-electron chi connectivity index (χ1n) is 6.92. The predicted molar refractivity (Wildman–Crippen MR) is 82.6 cm³/mol. The Kier molecular flexibility index (Phi) is 6.97. The van der Waals surface area contributed by atoms with Crippen LogP contribution in [0.15, 0.2) is 22.7 Å². The van der Waals surface area contributed by atoms with Crippen LogP contribution in [-0.2, 0) is 0 Å². The maximum atomic E-state index is 13.7. The zero-order valence-corrected chi connectivity index (χ0v) is 13.6. The molecule has 0 heterocycles. The lowest BCUT2D eigenvalue weighted by Crippen LogP contribution is -2.36. The van der Waals surface area contributed by atoms with E-state index >= 15 is 0 Å². The summed E-state index contributed by atoms with van der Waals surface area (Å²) in [6, 6.07) is 5.37. The summed E-state index contributed by atoms with van der Waals surface area (Å²) < 4.78 is 14.2. The summed E-state index contributed by atoms with van der Waals surface area (Å²) in [4.78, 5) is 2.33. The molecule has 0 aliphatic rings. The van der Waals surface area contributed by atoms with Crippen molar-refractivity contribution in [3.8, 4) is 0 Å². The highest BCUT2D eigenvalue weighted by molar-refractivity contribution is 9.10. The van der Waals surface area contributed by atoms with Crippen LogP contribution in [0.1, 0.15) is 38.8 Å². The first-order valence-corrected chi connectivity index (χ1v) is 7.71. The van der Waals surface area contributed by atoms with Gasteiger partial charge >= 0.3 is 0 Å². The smallest absolute Gasteiger partial charge is 0.137 e. The summed E-state index contributed by atoms with van der Waals surface area (Å²) in [6.45, 7) is 8.97. The molecule has 0 saturated carbocycles. The normalized spacial score (nSPS) is 14.7. The van der Waals surface area contributed by atoms with Crippen molar-refractivity contribution in [2.75, 3.05) is 19.6 Å². The molecule has 1 rings (SSSR count). The lowest BCUT2D eigenvalue weighted by atomic mass is 10.0. The molecule has 0 aliphatic heterocycles. The summed E-state index contributed by atoms with van der Waals surface area (Å²) in [5.41, 5.74) is 6.86. The molecule has 1 aromatic carbocycles. The van der Waals surface area contributed by atoms with Crippen molar-refractivity contribution >= 4 is 15.9 Å². The molecule has 2 N–H and O–H groups in total. The number of hydrogen-bond acceptors (Lipinski definition) is 2. The average molecular weight is 331 g/mol. The minimum absolute atomic E-state index is 0.0848. The van der Waals surface area contributed by atoms with Crippen LogP contribution < -0.4 is 5.73 Å². The predicted octanol–water partition coefficient (Wildman–Crippen LogP) is 3.96. The van der Waals surface area contributed by atoms with Crippen LogP contribution in [0.25, 0.3) is 0 Å². The summed E-state index contributed by atoms with van der Waals surface area (Å²) in [5, 5.41) is 0. The van der Waals surface area contributed by atoms with E-state index in [-0.39, 0.29) is 11.9 Å². The number of nitrogens with two attached hydrogens (primary N) is 1. The van der Waals surface area contributed by atoms with Gasteiger partial charge in [-0.1, -0.05) is 33.3 Å². The Hall–Kier alpha value is -0.450. The topological polar surface area (TPSA) is 29.3 Å². The van der Waals surface area contributed by atoms with E-state index in [2.05, 4.69) is 41.6 Å². The van der Waals surface area contributed by atoms with Gasteiger partial charge in [0.05, 0.1) is 4.47 Å². The van der Waals surface area contributed by atoms with Crippen LogP contribution in [0, 0.1) is 11.7 Å². The minimum Gasteiger partial charge on any atom is -0.329 e. The van der Waals surface area contributed by atoms with E-state index in [9.17, 15) is 4.39 Å². The molecule has 108 valence electrons. The number of nitrogens with zero attached hydrogens (tertiary/aromatic N) is 1. The fraction of sp³-hybridized carbons (Fsp3) is 0.600. The highest BCUT2D eigenvalue weighted by Gasteiger charge is 2.20. The van der Waals surface area contributed by atoms with E-state index in [0.29, 0.717) is 16.9 Å². The Bertz CT molecular complexity index is 398. The van der Waals surface area contributed by atoms with Gasteiger partial charge in [-0.2, -0.15) is 0 Å². The number of likely N-dealkylation sites (N-methyl/N-ethyl adjacent to an activating group) is 1. The molecule has 4 heteroatoms. The zero-order valence-electron chi connectivity index (χ0n) is 12.0. The van der Waals surface area contributed by atoms with Crippen LogP contribution in [0.4, 0.5) is 4.39 Å². The van der Waals surface area contributed by atoms with E-state index in [0.717, 1.165) is 25.1 Å². The Morgan fingerprint density at radius 3 is 2.53 bits per heavy atom. The van der Waals surface area contributed by atoms with E-state index in [1.807, 2.05) is 6.07 Å². The molecule has 0 spiro atoms. The van der Waals surface area contributed by atoms with Crippen LogP contribution in [0.2, 0.25) is 0 Å². The van der Waals surface area contributed by atoms with Crippen molar-refractivity contribution in [1.82, 2.24) is 4.90 Å². The van der Waals surface area contributed by atoms with Crippen LogP contribution in [-0.4, -0.2) is 24.5 Å². The van der Waals surface area contributed by atoms with Gasteiger partial charge < -0.3 is 5.73 Å². The van der Waals surface area contributed by atoms with Gasteiger partial charge in [0.25, 0.3) is 0 Å². The number of halogens is 2. The second-order valence-electron chi connectivity index (χ2n) is 5.03. The van der Waals surface area contributed by atoms with E-state index in [1.54, 1.807) is 12.1 Å². The molecular formula is C15H24BrFN2. The third-order valence-corrected chi connectivity index (χ3v) is 4.28. The van der Waals surface area contributed by atoms with Gasteiger partial charge in [-0.3, -0.25) is 4.90 Å². The lowest BCUT2D eigenvalue weighted by molar-refractivity contribution is 0.182. The molecule has 2 unspecified atom stereocenters. The Balaban J connectivity index is 2.93. The SMILES string of the molecule is CCC(C)CN(CC)C(CN)c1ccc(Br)c(F)c1. The van der Waals surface area contributed by atoms with Crippen molar-refractivity contribution in [2.45, 2.75) is 33.2 Å².